The van der Waals surface area contributed by atoms with Crippen LogP contribution in [0.1, 0.15) is 28.8 Å². The van der Waals surface area contributed by atoms with E-state index in [9.17, 15) is 4.79 Å². The Hall–Kier alpha value is -1.06. The summed E-state index contributed by atoms with van der Waals surface area (Å²) in [6.07, 6.45) is 2.03. The Bertz CT molecular complexity index is 441. The van der Waals surface area contributed by atoms with E-state index in [1.807, 2.05) is 31.0 Å². The molecule has 1 aromatic carbocycles. The predicted molar refractivity (Wildman–Crippen MR) is 74.2 cm³/mol. The summed E-state index contributed by atoms with van der Waals surface area (Å²) in [5, 5.41) is 3.92. The summed E-state index contributed by atoms with van der Waals surface area (Å²) in [5.74, 6) is 0.0712. The molecule has 1 amide bonds. The van der Waals surface area contributed by atoms with E-state index in [0.717, 1.165) is 31.5 Å². The molecular weight excluding hydrogens is 248 g/mol. The van der Waals surface area contributed by atoms with Gasteiger partial charge < -0.3 is 10.2 Å². The van der Waals surface area contributed by atoms with Crippen molar-refractivity contribution in [1.82, 2.24) is 10.2 Å². The van der Waals surface area contributed by atoms with Gasteiger partial charge >= 0.3 is 0 Å². The third-order valence-corrected chi connectivity index (χ3v) is 3.84. The maximum absolute atomic E-state index is 12.5. The van der Waals surface area contributed by atoms with Gasteiger partial charge in [-0.2, -0.15) is 0 Å². The van der Waals surface area contributed by atoms with Gasteiger partial charge in [0.1, 0.15) is 0 Å². The fourth-order valence-corrected chi connectivity index (χ4v) is 2.55. The van der Waals surface area contributed by atoms with E-state index in [2.05, 4.69) is 5.32 Å². The van der Waals surface area contributed by atoms with Gasteiger partial charge in [0.05, 0.1) is 0 Å². The number of nitrogens with one attached hydrogen (secondary N) is 1. The summed E-state index contributed by atoms with van der Waals surface area (Å²) in [5.41, 5.74) is 1.69. The number of hydrogen-bond donors (Lipinski definition) is 1. The molecule has 1 aliphatic rings. The number of benzene rings is 1. The Balaban J connectivity index is 2.16. The summed E-state index contributed by atoms with van der Waals surface area (Å²) in [6, 6.07) is 5.80. The molecule has 0 spiro atoms. The zero-order valence-electron chi connectivity index (χ0n) is 10.9. The molecule has 0 saturated carbocycles. The average molecular weight is 267 g/mol. The van der Waals surface area contributed by atoms with Crippen molar-refractivity contribution in [2.45, 2.75) is 25.8 Å². The molecule has 0 radical (unpaired) electrons. The fourth-order valence-electron chi connectivity index (χ4n) is 2.37. The molecule has 0 unspecified atom stereocenters. The van der Waals surface area contributed by atoms with Crippen molar-refractivity contribution in [3.63, 3.8) is 0 Å². The van der Waals surface area contributed by atoms with Crippen LogP contribution in [-0.2, 0) is 0 Å². The molecule has 4 heteroatoms. The molecular formula is C14H19ClN2O. The number of carbonyl (C=O) groups is 1. The van der Waals surface area contributed by atoms with Gasteiger partial charge in [0.15, 0.2) is 0 Å². The van der Waals surface area contributed by atoms with Crippen molar-refractivity contribution in [3.8, 4) is 0 Å². The van der Waals surface area contributed by atoms with E-state index in [1.165, 1.54) is 0 Å². The maximum Gasteiger partial charge on any atom is 0.254 e. The average Bonchev–Trinajstić information content (AvgIpc) is 2.41. The highest BCUT2D eigenvalue weighted by Crippen LogP contribution is 2.19. The highest BCUT2D eigenvalue weighted by Gasteiger charge is 2.23. The first-order chi connectivity index (χ1) is 8.59. The van der Waals surface area contributed by atoms with Crippen molar-refractivity contribution in [3.05, 3.63) is 34.3 Å². The van der Waals surface area contributed by atoms with Crippen molar-refractivity contribution in [2.75, 3.05) is 20.1 Å². The second-order valence-corrected chi connectivity index (χ2v) is 5.29. The van der Waals surface area contributed by atoms with E-state index in [1.54, 1.807) is 6.07 Å². The topological polar surface area (TPSA) is 32.3 Å². The molecule has 1 N–H and O–H groups in total. The molecule has 0 atom stereocenters. The third-order valence-electron chi connectivity index (χ3n) is 3.61. The van der Waals surface area contributed by atoms with Crippen LogP contribution in [0.5, 0.6) is 0 Å². The fraction of sp³-hybridized carbons (Fsp3) is 0.500. The van der Waals surface area contributed by atoms with Crippen LogP contribution in [0.2, 0.25) is 5.02 Å². The molecule has 0 aromatic heterocycles. The van der Waals surface area contributed by atoms with Gasteiger partial charge in [-0.05, 0) is 50.6 Å². The minimum atomic E-state index is 0.0712. The van der Waals surface area contributed by atoms with Gasteiger partial charge in [-0.25, -0.2) is 0 Å². The lowest BCUT2D eigenvalue weighted by Crippen LogP contribution is -2.44. The summed E-state index contributed by atoms with van der Waals surface area (Å²) in [4.78, 5) is 14.3. The molecule has 2 rings (SSSR count). The first-order valence-electron chi connectivity index (χ1n) is 6.33. The molecule has 1 aromatic rings. The summed E-state index contributed by atoms with van der Waals surface area (Å²) >= 11 is 5.97. The lowest BCUT2D eigenvalue weighted by atomic mass is 10.0. The van der Waals surface area contributed by atoms with E-state index in [0.29, 0.717) is 16.6 Å². The number of amides is 1. The minimum Gasteiger partial charge on any atom is -0.339 e. The van der Waals surface area contributed by atoms with E-state index in [4.69, 9.17) is 11.6 Å². The van der Waals surface area contributed by atoms with E-state index in [-0.39, 0.29) is 5.91 Å². The van der Waals surface area contributed by atoms with Crippen molar-refractivity contribution in [1.29, 1.82) is 0 Å². The van der Waals surface area contributed by atoms with Crippen LogP contribution < -0.4 is 5.32 Å². The molecule has 18 heavy (non-hydrogen) atoms. The minimum absolute atomic E-state index is 0.0712. The van der Waals surface area contributed by atoms with Crippen LogP contribution in [0.4, 0.5) is 0 Å². The van der Waals surface area contributed by atoms with Gasteiger partial charge in [0.2, 0.25) is 0 Å². The van der Waals surface area contributed by atoms with Gasteiger partial charge in [0, 0.05) is 23.7 Å². The Morgan fingerprint density at radius 3 is 2.72 bits per heavy atom. The number of halogens is 1. The first-order valence-corrected chi connectivity index (χ1v) is 6.71. The maximum atomic E-state index is 12.5. The molecule has 1 heterocycles. The largest absolute Gasteiger partial charge is 0.339 e. The molecule has 98 valence electrons. The lowest BCUT2D eigenvalue weighted by molar-refractivity contribution is 0.0702. The number of carbonyl (C=O) groups excluding carboxylic acids is 1. The zero-order valence-corrected chi connectivity index (χ0v) is 11.6. The van der Waals surface area contributed by atoms with Gasteiger partial charge in [-0.3, -0.25) is 4.79 Å². The van der Waals surface area contributed by atoms with Gasteiger partial charge in [0.25, 0.3) is 5.91 Å². The van der Waals surface area contributed by atoms with Crippen LogP contribution in [0, 0.1) is 6.92 Å². The lowest BCUT2D eigenvalue weighted by Gasteiger charge is -2.32. The second-order valence-electron chi connectivity index (χ2n) is 4.86. The monoisotopic (exact) mass is 266 g/mol. The summed E-state index contributed by atoms with van der Waals surface area (Å²) in [7, 11) is 1.89. The number of aryl methyl sites for hydroxylation is 1. The van der Waals surface area contributed by atoms with Gasteiger partial charge in [-0.15, -0.1) is 0 Å². The SMILES string of the molecule is Cc1ccc(Cl)cc1C(=O)N(C)C1CCNCC1. The van der Waals surface area contributed by atoms with Crippen LogP contribution in [0.15, 0.2) is 18.2 Å². The highest BCUT2D eigenvalue weighted by atomic mass is 35.5. The number of hydrogen-bond acceptors (Lipinski definition) is 2. The Morgan fingerprint density at radius 1 is 1.39 bits per heavy atom. The number of piperidine rings is 1. The molecule has 1 aliphatic heterocycles. The zero-order chi connectivity index (χ0) is 13.1. The number of nitrogens with zero attached hydrogens (tertiary/aromatic N) is 1. The normalized spacial score (nSPS) is 16.6. The Morgan fingerprint density at radius 2 is 2.06 bits per heavy atom. The van der Waals surface area contributed by atoms with Crippen LogP contribution in [0.3, 0.4) is 0 Å². The van der Waals surface area contributed by atoms with Crippen LogP contribution in [-0.4, -0.2) is 37.0 Å². The van der Waals surface area contributed by atoms with E-state index >= 15 is 0 Å². The van der Waals surface area contributed by atoms with Crippen molar-refractivity contribution < 1.29 is 4.79 Å². The Labute approximate surface area is 113 Å². The summed E-state index contributed by atoms with van der Waals surface area (Å²) < 4.78 is 0. The van der Waals surface area contributed by atoms with Gasteiger partial charge in [-0.1, -0.05) is 17.7 Å². The molecule has 0 bridgehead atoms. The van der Waals surface area contributed by atoms with Crippen LogP contribution in [0.25, 0.3) is 0 Å². The molecule has 3 nitrogen and oxygen atoms in total. The van der Waals surface area contributed by atoms with Crippen molar-refractivity contribution >= 4 is 17.5 Å². The van der Waals surface area contributed by atoms with Crippen molar-refractivity contribution in [2.24, 2.45) is 0 Å². The van der Waals surface area contributed by atoms with Crippen LogP contribution >= 0.6 is 11.6 Å². The Kier molecular flexibility index (Phi) is 4.25. The second kappa shape index (κ2) is 5.72. The summed E-state index contributed by atoms with van der Waals surface area (Å²) in [6.45, 7) is 3.91. The van der Waals surface area contributed by atoms with E-state index < -0.39 is 0 Å². The highest BCUT2D eigenvalue weighted by molar-refractivity contribution is 6.31. The first kappa shape index (κ1) is 13.4. The number of rotatable bonds is 2. The molecule has 0 aliphatic carbocycles. The quantitative estimate of drug-likeness (QED) is 0.892. The third kappa shape index (κ3) is 2.85. The predicted octanol–water partition coefficient (Wildman–Crippen LogP) is 2.47. The smallest absolute Gasteiger partial charge is 0.254 e. The molecule has 1 fully saturated rings. The molecule has 1 saturated heterocycles. The standard InChI is InChI=1S/C14H19ClN2O/c1-10-3-4-11(15)9-13(10)14(18)17(2)12-5-7-16-8-6-12/h3-4,9,12,16H,5-8H2,1-2H3.